The number of hydrogen-bond donors (Lipinski definition) is 1. The van der Waals surface area contributed by atoms with E-state index in [1.807, 2.05) is 37.5 Å². The fourth-order valence-corrected chi connectivity index (χ4v) is 4.46. The van der Waals surface area contributed by atoms with Crippen LogP contribution in [0, 0.1) is 12.8 Å². The molecule has 1 unspecified atom stereocenters. The lowest BCUT2D eigenvalue weighted by molar-refractivity contribution is -0.126. The summed E-state index contributed by atoms with van der Waals surface area (Å²) < 4.78 is 2.12. The summed E-state index contributed by atoms with van der Waals surface area (Å²) in [6.45, 7) is 5.99. The van der Waals surface area contributed by atoms with E-state index in [1.165, 1.54) is 11.1 Å². The zero-order chi connectivity index (χ0) is 21.6. The monoisotopic (exact) mass is 436 g/mol. The molecule has 1 amide bonds. The van der Waals surface area contributed by atoms with Gasteiger partial charge in [0.2, 0.25) is 5.91 Å². The van der Waals surface area contributed by atoms with E-state index in [0.717, 1.165) is 55.4 Å². The number of benzene rings is 2. The summed E-state index contributed by atoms with van der Waals surface area (Å²) in [5, 5.41) is 3.91. The standard InChI is InChI=1S/C25H29ClN4O/c1-19-27-10-12-30(19)17-21-6-2-5-20(13-21)15-28-25(31)23-8-4-11-29(18-23)16-22-7-3-9-24(26)14-22/h2-3,5-7,9-10,12-14,23H,4,8,11,15-18H2,1H3,(H,28,31). The van der Waals surface area contributed by atoms with Gasteiger partial charge in [0, 0.05) is 43.6 Å². The molecule has 0 aliphatic carbocycles. The zero-order valence-electron chi connectivity index (χ0n) is 17.9. The van der Waals surface area contributed by atoms with Crippen molar-refractivity contribution >= 4 is 17.5 Å². The Balaban J connectivity index is 1.30. The van der Waals surface area contributed by atoms with Gasteiger partial charge in [0.15, 0.2) is 0 Å². The number of nitrogens with zero attached hydrogens (tertiary/aromatic N) is 3. The van der Waals surface area contributed by atoms with Gasteiger partial charge < -0.3 is 9.88 Å². The van der Waals surface area contributed by atoms with Crippen LogP contribution >= 0.6 is 11.6 Å². The number of aryl methyl sites for hydroxylation is 1. The van der Waals surface area contributed by atoms with Crippen LogP contribution in [0.25, 0.3) is 0 Å². The number of hydrogen-bond acceptors (Lipinski definition) is 3. The molecule has 1 aliphatic rings. The summed E-state index contributed by atoms with van der Waals surface area (Å²) in [5.74, 6) is 1.18. The number of piperidine rings is 1. The number of carbonyl (C=O) groups excluding carboxylic acids is 1. The quantitative estimate of drug-likeness (QED) is 0.596. The maximum Gasteiger partial charge on any atom is 0.224 e. The third-order valence-electron chi connectivity index (χ3n) is 5.91. The molecule has 1 aliphatic heterocycles. The number of imidazole rings is 1. The summed E-state index contributed by atoms with van der Waals surface area (Å²) in [6.07, 6.45) is 5.79. The van der Waals surface area contributed by atoms with Gasteiger partial charge in [-0.15, -0.1) is 0 Å². The number of likely N-dealkylation sites (tertiary alicyclic amines) is 1. The Labute approximate surface area is 189 Å². The SMILES string of the molecule is Cc1nccn1Cc1cccc(CNC(=O)C2CCCN(Cc3cccc(Cl)c3)C2)c1. The normalized spacial score (nSPS) is 16.9. The van der Waals surface area contributed by atoms with Crippen molar-refractivity contribution < 1.29 is 4.79 Å². The predicted octanol–water partition coefficient (Wildman–Crippen LogP) is 4.42. The smallest absolute Gasteiger partial charge is 0.224 e. The second-order valence-electron chi connectivity index (χ2n) is 8.34. The van der Waals surface area contributed by atoms with Crippen LogP contribution in [0.2, 0.25) is 5.02 Å². The highest BCUT2D eigenvalue weighted by Gasteiger charge is 2.25. The Hall–Kier alpha value is -2.63. The first kappa shape index (κ1) is 21.6. The van der Waals surface area contributed by atoms with Crippen LogP contribution < -0.4 is 5.32 Å². The van der Waals surface area contributed by atoms with E-state index < -0.39 is 0 Å². The van der Waals surface area contributed by atoms with E-state index in [4.69, 9.17) is 11.6 Å². The molecule has 3 aromatic rings. The number of halogens is 1. The molecule has 0 radical (unpaired) electrons. The molecule has 1 N–H and O–H groups in total. The molecule has 0 saturated carbocycles. The Bertz CT molecular complexity index is 1030. The number of nitrogens with one attached hydrogen (secondary N) is 1. The molecule has 31 heavy (non-hydrogen) atoms. The summed E-state index contributed by atoms with van der Waals surface area (Å²) >= 11 is 6.11. The largest absolute Gasteiger partial charge is 0.352 e. The van der Waals surface area contributed by atoms with E-state index in [9.17, 15) is 4.79 Å². The molecule has 0 bridgehead atoms. The minimum absolute atomic E-state index is 0.0321. The molecular weight excluding hydrogens is 408 g/mol. The second kappa shape index (κ2) is 10.1. The van der Waals surface area contributed by atoms with Gasteiger partial charge >= 0.3 is 0 Å². The van der Waals surface area contributed by atoms with Crippen molar-refractivity contribution in [3.05, 3.63) is 88.5 Å². The number of rotatable bonds is 7. The molecule has 2 heterocycles. The van der Waals surface area contributed by atoms with Crippen LogP contribution in [0.5, 0.6) is 0 Å². The van der Waals surface area contributed by atoms with Crippen molar-refractivity contribution in [1.29, 1.82) is 0 Å². The lowest BCUT2D eigenvalue weighted by atomic mass is 9.96. The molecule has 4 rings (SSSR count). The van der Waals surface area contributed by atoms with Crippen LogP contribution in [-0.4, -0.2) is 33.4 Å². The molecule has 1 fully saturated rings. The minimum atomic E-state index is 0.0321. The van der Waals surface area contributed by atoms with Crippen LogP contribution in [0.3, 0.4) is 0 Å². The van der Waals surface area contributed by atoms with E-state index >= 15 is 0 Å². The number of aromatic nitrogens is 2. The van der Waals surface area contributed by atoms with Gasteiger partial charge in [-0.3, -0.25) is 9.69 Å². The van der Waals surface area contributed by atoms with Crippen LogP contribution in [0.1, 0.15) is 35.4 Å². The average molecular weight is 437 g/mol. The van der Waals surface area contributed by atoms with Gasteiger partial charge in [0.25, 0.3) is 0 Å². The summed E-state index contributed by atoms with van der Waals surface area (Å²) in [5.41, 5.74) is 3.52. The lowest BCUT2D eigenvalue weighted by Crippen LogP contribution is -2.42. The molecule has 1 aromatic heterocycles. The van der Waals surface area contributed by atoms with Gasteiger partial charge in [0.1, 0.15) is 5.82 Å². The van der Waals surface area contributed by atoms with Crippen molar-refractivity contribution in [2.45, 2.75) is 39.4 Å². The van der Waals surface area contributed by atoms with E-state index in [2.05, 4.69) is 50.1 Å². The van der Waals surface area contributed by atoms with E-state index in [-0.39, 0.29) is 11.8 Å². The fraction of sp³-hybridized carbons (Fsp3) is 0.360. The predicted molar refractivity (Wildman–Crippen MR) is 124 cm³/mol. The molecule has 1 atom stereocenters. The first-order chi connectivity index (χ1) is 15.1. The zero-order valence-corrected chi connectivity index (χ0v) is 18.7. The van der Waals surface area contributed by atoms with Crippen molar-refractivity contribution in [1.82, 2.24) is 19.8 Å². The molecule has 6 heteroatoms. The van der Waals surface area contributed by atoms with Crippen LogP contribution in [0.4, 0.5) is 0 Å². The summed E-state index contributed by atoms with van der Waals surface area (Å²) in [6, 6.07) is 16.4. The van der Waals surface area contributed by atoms with Crippen molar-refractivity contribution in [3.8, 4) is 0 Å². The third kappa shape index (κ3) is 5.96. The van der Waals surface area contributed by atoms with Crippen molar-refractivity contribution in [2.75, 3.05) is 13.1 Å². The number of amides is 1. The Kier molecular flexibility index (Phi) is 7.05. The molecule has 5 nitrogen and oxygen atoms in total. The van der Waals surface area contributed by atoms with Gasteiger partial charge in [-0.2, -0.15) is 0 Å². The Morgan fingerprint density at radius 2 is 1.90 bits per heavy atom. The van der Waals surface area contributed by atoms with Gasteiger partial charge in [0.05, 0.1) is 5.92 Å². The maximum absolute atomic E-state index is 12.8. The van der Waals surface area contributed by atoms with Gasteiger partial charge in [-0.1, -0.05) is 48.0 Å². The average Bonchev–Trinajstić information content (AvgIpc) is 3.17. The maximum atomic E-state index is 12.8. The molecule has 0 spiro atoms. The Morgan fingerprint density at radius 1 is 1.13 bits per heavy atom. The van der Waals surface area contributed by atoms with E-state index in [1.54, 1.807) is 0 Å². The summed E-state index contributed by atoms with van der Waals surface area (Å²) in [4.78, 5) is 19.5. The lowest BCUT2D eigenvalue weighted by Gasteiger charge is -2.32. The minimum Gasteiger partial charge on any atom is -0.352 e. The highest BCUT2D eigenvalue weighted by molar-refractivity contribution is 6.30. The van der Waals surface area contributed by atoms with Gasteiger partial charge in [-0.05, 0) is 55.1 Å². The van der Waals surface area contributed by atoms with Crippen molar-refractivity contribution in [2.24, 2.45) is 5.92 Å². The second-order valence-corrected chi connectivity index (χ2v) is 8.78. The van der Waals surface area contributed by atoms with Gasteiger partial charge in [-0.25, -0.2) is 4.98 Å². The van der Waals surface area contributed by atoms with Crippen molar-refractivity contribution in [3.63, 3.8) is 0 Å². The van der Waals surface area contributed by atoms with E-state index in [0.29, 0.717) is 6.54 Å². The Morgan fingerprint density at radius 3 is 2.68 bits per heavy atom. The van der Waals surface area contributed by atoms with Crippen LogP contribution in [0.15, 0.2) is 60.9 Å². The topological polar surface area (TPSA) is 50.2 Å². The molecule has 162 valence electrons. The van der Waals surface area contributed by atoms with Crippen LogP contribution in [-0.2, 0) is 24.4 Å². The molecule has 2 aromatic carbocycles. The third-order valence-corrected chi connectivity index (χ3v) is 6.14. The highest BCUT2D eigenvalue weighted by Crippen LogP contribution is 2.20. The molecular formula is C25H29ClN4O. The first-order valence-electron chi connectivity index (χ1n) is 10.9. The fourth-order valence-electron chi connectivity index (χ4n) is 4.25. The highest BCUT2D eigenvalue weighted by atomic mass is 35.5. The summed E-state index contributed by atoms with van der Waals surface area (Å²) in [7, 11) is 0. The number of carbonyl (C=O) groups is 1. The molecule has 1 saturated heterocycles. The first-order valence-corrected chi connectivity index (χ1v) is 11.2.